The molecule has 2 rings (SSSR count). The van der Waals surface area contributed by atoms with Gasteiger partial charge in [0.25, 0.3) is 0 Å². The van der Waals surface area contributed by atoms with Crippen LogP contribution in [0.5, 0.6) is 0 Å². The van der Waals surface area contributed by atoms with Crippen LogP contribution in [0.25, 0.3) is 6.08 Å². The van der Waals surface area contributed by atoms with Gasteiger partial charge < -0.3 is 10.0 Å². The molecule has 1 aliphatic rings. The molecular formula is C8H9BO2S. The van der Waals surface area contributed by atoms with E-state index >= 15 is 0 Å². The molecule has 62 valence electrons. The Morgan fingerprint density at radius 1 is 1.17 bits per heavy atom. The maximum absolute atomic E-state index is 9.03. The van der Waals surface area contributed by atoms with Gasteiger partial charge in [-0.05, 0) is 21.9 Å². The van der Waals surface area contributed by atoms with Crippen molar-refractivity contribution >= 4 is 23.2 Å². The molecule has 0 saturated heterocycles. The van der Waals surface area contributed by atoms with Crippen molar-refractivity contribution in [1.82, 2.24) is 0 Å². The maximum Gasteiger partial charge on any atom is 0.514 e. The second-order valence-corrected chi connectivity index (χ2v) is 4.68. The largest absolute Gasteiger partial charge is 0.514 e. The fourth-order valence-electron chi connectivity index (χ4n) is 1.31. The van der Waals surface area contributed by atoms with E-state index in [9.17, 15) is 0 Å². The van der Waals surface area contributed by atoms with Crippen LogP contribution in [0.3, 0.4) is 0 Å². The van der Waals surface area contributed by atoms with Gasteiger partial charge in [-0.15, -0.1) is 0 Å². The third-order valence-electron chi connectivity index (χ3n) is 1.88. The van der Waals surface area contributed by atoms with Crippen molar-refractivity contribution < 1.29 is 10.0 Å². The standard InChI is InChI=1S/C8H9BO2S/c10-9(11)12-6-5-7-3-1-2-4-8(7)12/h1-6,10-12H. The van der Waals surface area contributed by atoms with Crippen LogP contribution in [-0.4, -0.2) is 16.4 Å². The van der Waals surface area contributed by atoms with E-state index < -0.39 is 17.1 Å². The highest BCUT2D eigenvalue weighted by Crippen LogP contribution is 2.46. The summed E-state index contributed by atoms with van der Waals surface area (Å²) in [5.74, 6) is 0. The first-order valence-electron chi connectivity index (χ1n) is 3.71. The van der Waals surface area contributed by atoms with Crippen LogP contribution in [-0.2, 0) is 0 Å². The molecule has 1 unspecified atom stereocenters. The Labute approximate surface area is 73.9 Å². The third-order valence-corrected chi connectivity index (χ3v) is 3.81. The van der Waals surface area contributed by atoms with E-state index in [4.69, 9.17) is 10.0 Å². The Kier molecular flexibility index (Phi) is 1.96. The monoisotopic (exact) mass is 180 g/mol. The molecule has 4 heteroatoms. The third kappa shape index (κ3) is 1.18. The number of hydrogen-bond donors (Lipinski definition) is 3. The lowest BCUT2D eigenvalue weighted by molar-refractivity contribution is 0.437. The van der Waals surface area contributed by atoms with Gasteiger partial charge in [0.2, 0.25) is 0 Å². The highest BCUT2D eigenvalue weighted by atomic mass is 32.2. The van der Waals surface area contributed by atoms with Crippen molar-refractivity contribution in [2.24, 2.45) is 0 Å². The summed E-state index contributed by atoms with van der Waals surface area (Å²) in [5, 5.41) is 19.9. The fourth-order valence-corrected chi connectivity index (χ4v) is 2.90. The van der Waals surface area contributed by atoms with Crippen molar-refractivity contribution in [1.29, 1.82) is 0 Å². The van der Waals surface area contributed by atoms with Gasteiger partial charge in [0.15, 0.2) is 0 Å². The molecule has 1 aliphatic heterocycles. The minimum absolute atomic E-state index is 0.889. The van der Waals surface area contributed by atoms with Crippen molar-refractivity contribution in [2.45, 2.75) is 4.90 Å². The Balaban J connectivity index is 2.42. The van der Waals surface area contributed by atoms with Crippen LogP contribution >= 0.6 is 10.7 Å². The first-order valence-corrected chi connectivity index (χ1v) is 5.19. The van der Waals surface area contributed by atoms with Crippen LogP contribution in [0.1, 0.15) is 5.56 Å². The minimum atomic E-state index is -1.22. The predicted octanol–water partition coefficient (Wildman–Crippen LogP) is 1.00. The molecule has 0 aliphatic carbocycles. The van der Waals surface area contributed by atoms with E-state index in [0.717, 1.165) is 10.5 Å². The van der Waals surface area contributed by atoms with Crippen LogP contribution < -0.4 is 0 Å². The lowest BCUT2D eigenvalue weighted by Crippen LogP contribution is -2.09. The minimum Gasteiger partial charge on any atom is -0.418 e. The molecule has 0 fully saturated rings. The first kappa shape index (κ1) is 7.92. The normalized spacial score (nSPS) is 22.3. The summed E-state index contributed by atoms with van der Waals surface area (Å²) in [6.07, 6.45) is 0.723. The average Bonchev–Trinajstić information content (AvgIpc) is 2.47. The Bertz CT molecular complexity index is 325. The van der Waals surface area contributed by atoms with E-state index in [1.807, 2.05) is 35.7 Å². The quantitative estimate of drug-likeness (QED) is 0.445. The van der Waals surface area contributed by atoms with Gasteiger partial charge in [0.05, 0.1) is 0 Å². The maximum atomic E-state index is 9.03. The summed E-state index contributed by atoms with van der Waals surface area (Å²) in [6, 6.07) is 7.80. The fraction of sp³-hybridized carbons (Fsp3) is 0. The molecule has 0 aromatic heterocycles. The van der Waals surface area contributed by atoms with E-state index in [2.05, 4.69) is 0 Å². The molecule has 0 radical (unpaired) electrons. The lowest BCUT2D eigenvalue weighted by Gasteiger charge is -2.12. The molecule has 1 aromatic rings. The molecule has 0 amide bonds. The van der Waals surface area contributed by atoms with Gasteiger partial charge in [0, 0.05) is 0 Å². The summed E-state index contributed by atoms with van der Waals surface area (Å²) < 4.78 is 0. The zero-order valence-electron chi connectivity index (χ0n) is 6.38. The number of benzene rings is 1. The molecule has 1 aromatic carbocycles. The van der Waals surface area contributed by atoms with Crippen LogP contribution in [0.15, 0.2) is 34.6 Å². The number of hydrogen-bond acceptors (Lipinski definition) is 2. The van der Waals surface area contributed by atoms with Crippen molar-refractivity contribution in [3.8, 4) is 0 Å². The zero-order chi connectivity index (χ0) is 8.55. The van der Waals surface area contributed by atoms with Gasteiger partial charge in [-0.25, -0.2) is 0 Å². The van der Waals surface area contributed by atoms with Crippen LogP contribution in [0.2, 0.25) is 0 Å². The number of fused-ring (bicyclic) bond motifs is 1. The van der Waals surface area contributed by atoms with Crippen LogP contribution in [0.4, 0.5) is 0 Å². The molecule has 0 saturated carbocycles. The molecule has 2 nitrogen and oxygen atoms in total. The summed E-state index contributed by atoms with van der Waals surface area (Å²) >= 11 is 0. The van der Waals surface area contributed by atoms with E-state index in [1.54, 1.807) is 0 Å². The number of thiol groups is 1. The first-order chi connectivity index (χ1) is 5.79. The Morgan fingerprint density at radius 3 is 2.67 bits per heavy atom. The molecule has 1 heterocycles. The van der Waals surface area contributed by atoms with Gasteiger partial charge in [-0.2, -0.15) is 10.7 Å². The highest BCUT2D eigenvalue weighted by Gasteiger charge is 2.23. The van der Waals surface area contributed by atoms with Gasteiger partial charge in [-0.1, -0.05) is 24.3 Å². The van der Waals surface area contributed by atoms with Crippen LogP contribution in [0, 0.1) is 0 Å². The molecular weight excluding hydrogens is 171 g/mol. The van der Waals surface area contributed by atoms with Gasteiger partial charge in [-0.3, -0.25) is 0 Å². The highest BCUT2D eigenvalue weighted by molar-refractivity contribution is 8.41. The second kappa shape index (κ2) is 2.97. The molecule has 0 bridgehead atoms. The summed E-state index contributed by atoms with van der Waals surface area (Å²) in [6.45, 7) is 0. The zero-order valence-corrected chi connectivity index (χ0v) is 7.28. The molecule has 0 spiro atoms. The Hall–Kier alpha value is -0.705. The molecule has 12 heavy (non-hydrogen) atoms. The van der Waals surface area contributed by atoms with Crippen molar-refractivity contribution in [2.75, 3.05) is 0 Å². The topological polar surface area (TPSA) is 40.5 Å². The average molecular weight is 180 g/mol. The van der Waals surface area contributed by atoms with Crippen molar-refractivity contribution in [3.63, 3.8) is 0 Å². The smallest absolute Gasteiger partial charge is 0.418 e. The molecule has 1 atom stereocenters. The number of rotatable bonds is 1. The van der Waals surface area contributed by atoms with E-state index in [-0.39, 0.29) is 0 Å². The van der Waals surface area contributed by atoms with E-state index in [0.29, 0.717) is 0 Å². The lowest BCUT2D eigenvalue weighted by atomic mass is 10.2. The molecule has 2 N–H and O–H groups in total. The second-order valence-electron chi connectivity index (χ2n) is 2.63. The van der Waals surface area contributed by atoms with Gasteiger partial charge in [0.1, 0.15) is 0 Å². The summed E-state index contributed by atoms with van der Waals surface area (Å²) in [7, 11) is -0.889. The van der Waals surface area contributed by atoms with Crippen molar-refractivity contribution in [3.05, 3.63) is 35.2 Å². The van der Waals surface area contributed by atoms with E-state index in [1.165, 1.54) is 0 Å². The SMILES string of the molecule is OB(O)[SH]1C=Cc2ccccc21. The van der Waals surface area contributed by atoms with Gasteiger partial charge >= 0.3 is 6.40 Å². The summed E-state index contributed by atoms with van der Waals surface area (Å²) in [5.41, 5.74) is 1.11. The Morgan fingerprint density at radius 2 is 1.92 bits per heavy atom. The summed E-state index contributed by atoms with van der Waals surface area (Å²) in [4.78, 5) is 1.06. The predicted molar refractivity (Wildman–Crippen MR) is 52.9 cm³/mol.